The molecule has 6 nitrogen and oxygen atoms in total. The zero-order chi connectivity index (χ0) is 18.4. The largest absolute Gasteiger partial charge is 0.375 e. The molecule has 134 valence electrons. The molecule has 7 heteroatoms. The lowest BCUT2D eigenvalue weighted by Gasteiger charge is -2.10. The predicted molar refractivity (Wildman–Crippen MR) is 103 cm³/mol. The molecule has 0 aliphatic heterocycles. The van der Waals surface area contributed by atoms with E-state index < -0.39 is 5.91 Å². The molecular formula is C19H20N4O2S. The molecule has 0 fully saturated rings. The monoisotopic (exact) mass is 368 g/mol. The number of hydrogen-bond acceptors (Lipinski definition) is 6. The summed E-state index contributed by atoms with van der Waals surface area (Å²) in [6.07, 6.45) is 0. The highest BCUT2D eigenvalue weighted by molar-refractivity contribution is 7.13. The first kappa shape index (κ1) is 18.1. The maximum absolute atomic E-state index is 11.1. The lowest BCUT2D eigenvalue weighted by atomic mass is 10.2. The van der Waals surface area contributed by atoms with Gasteiger partial charge in [0.05, 0.1) is 24.9 Å². The average molecular weight is 368 g/mol. The number of nitrogens with one attached hydrogen (secondary N) is 1. The van der Waals surface area contributed by atoms with Gasteiger partial charge < -0.3 is 21.5 Å². The molecule has 3 rings (SSSR count). The molecule has 1 aromatic heterocycles. The van der Waals surface area contributed by atoms with Crippen molar-refractivity contribution < 1.29 is 9.53 Å². The summed E-state index contributed by atoms with van der Waals surface area (Å²) in [4.78, 5) is 15.6. The number of hydrogen-bond donors (Lipinski definition) is 3. The molecule has 0 saturated heterocycles. The lowest BCUT2D eigenvalue weighted by Crippen LogP contribution is -2.17. The van der Waals surface area contributed by atoms with Crippen LogP contribution in [0.2, 0.25) is 0 Å². The van der Waals surface area contributed by atoms with E-state index in [0.717, 1.165) is 22.1 Å². The number of anilines is 2. The van der Waals surface area contributed by atoms with Crippen molar-refractivity contribution in [3.05, 3.63) is 76.8 Å². The number of carbonyl (C=O) groups excluding carboxylic acids is 1. The van der Waals surface area contributed by atoms with E-state index in [1.165, 1.54) is 11.3 Å². The second kappa shape index (κ2) is 8.57. The fourth-order valence-electron chi connectivity index (χ4n) is 2.32. The van der Waals surface area contributed by atoms with Gasteiger partial charge in [0, 0.05) is 16.6 Å². The summed E-state index contributed by atoms with van der Waals surface area (Å²) < 4.78 is 5.67. The van der Waals surface area contributed by atoms with Crippen LogP contribution in [0.5, 0.6) is 0 Å². The number of amides is 1. The summed E-state index contributed by atoms with van der Waals surface area (Å²) in [5, 5.41) is 5.83. The molecule has 0 radical (unpaired) electrons. The zero-order valence-corrected chi connectivity index (χ0v) is 14.9. The topological polar surface area (TPSA) is 103 Å². The minimum atomic E-state index is -0.449. The Hall–Kier alpha value is -2.74. The van der Waals surface area contributed by atoms with Crippen molar-refractivity contribution in [2.75, 3.05) is 11.9 Å². The van der Waals surface area contributed by atoms with Crippen molar-refractivity contribution in [2.24, 2.45) is 11.5 Å². The van der Waals surface area contributed by atoms with Gasteiger partial charge in [-0.15, -0.1) is 11.3 Å². The molecule has 0 spiro atoms. The SMILES string of the molecule is NC(=O)c1ccc(Nc2nc(C(N)COCc3ccccc3)cs2)cc1. The van der Waals surface area contributed by atoms with Crippen molar-refractivity contribution in [2.45, 2.75) is 12.6 Å². The third kappa shape index (κ3) is 4.89. The summed E-state index contributed by atoms with van der Waals surface area (Å²) in [6, 6.07) is 16.6. The van der Waals surface area contributed by atoms with Gasteiger partial charge in [0.25, 0.3) is 0 Å². The quantitative estimate of drug-likeness (QED) is 0.566. The second-order valence-corrected chi connectivity index (χ2v) is 6.61. The Morgan fingerprint density at radius 3 is 2.58 bits per heavy atom. The minimum absolute atomic E-state index is 0.289. The number of benzene rings is 2. The third-order valence-corrected chi connectivity index (χ3v) is 4.51. The smallest absolute Gasteiger partial charge is 0.248 e. The number of carbonyl (C=O) groups is 1. The molecule has 1 heterocycles. The number of nitrogens with two attached hydrogens (primary N) is 2. The van der Waals surface area contributed by atoms with E-state index in [1.807, 2.05) is 35.7 Å². The lowest BCUT2D eigenvalue weighted by molar-refractivity contribution is 0.100. The van der Waals surface area contributed by atoms with E-state index in [-0.39, 0.29) is 6.04 Å². The Balaban J connectivity index is 1.52. The zero-order valence-electron chi connectivity index (χ0n) is 14.1. The fourth-order valence-corrected chi connectivity index (χ4v) is 3.11. The van der Waals surface area contributed by atoms with Gasteiger partial charge in [-0.1, -0.05) is 30.3 Å². The van der Waals surface area contributed by atoms with Crippen LogP contribution in [0.4, 0.5) is 10.8 Å². The molecule has 1 amide bonds. The van der Waals surface area contributed by atoms with Crippen molar-refractivity contribution in [3.63, 3.8) is 0 Å². The first-order valence-electron chi connectivity index (χ1n) is 8.11. The van der Waals surface area contributed by atoms with E-state index in [1.54, 1.807) is 24.3 Å². The number of thiazole rings is 1. The average Bonchev–Trinajstić information content (AvgIpc) is 3.11. The summed E-state index contributed by atoms with van der Waals surface area (Å²) in [6.45, 7) is 0.918. The van der Waals surface area contributed by atoms with Gasteiger partial charge in [-0.05, 0) is 29.8 Å². The molecule has 26 heavy (non-hydrogen) atoms. The van der Waals surface area contributed by atoms with Crippen LogP contribution < -0.4 is 16.8 Å². The number of nitrogens with zero attached hydrogens (tertiary/aromatic N) is 1. The van der Waals surface area contributed by atoms with Crippen LogP contribution in [0.25, 0.3) is 0 Å². The Labute approximate surface area is 155 Å². The summed E-state index contributed by atoms with van der Waals surface area (Å²) in [7, 11) is 0. The predicted octanol–water partition coefficient (Wildman–Crippen LogP) is 3.20. The van der Waals surface area contributed by atoms with Crippen LogP contribution in [-0.4, -0.2) is 17.5 Å². The number of primary amides is 1. The van der Waals surface area contributed by atoms with E-state index in [9.17, 15) is 4.79 Å². The molecule has 2 aromatic carbocycles. The maximum atomic E-state index is 11.1. The Bertz CT molecular complexity index is 849. The molecule has 1 unspecified atom stereocenters. The highest BCUT2D eigenvalue weighted by Gasteiger charge is 2.11. The van der Waals surface area contributed by atoms with Gasteiger partial charge in [0.2, 0.25) is 5.91 Å². The van der Waals surface area contributed by atoms with Gasteiger partial charge >= 0.3 is 0 Å². The Morgan fingerprint density at radius 2 is 1.88 bits per heavy atom. The van der Waals surface area contributed by atoms with Gasteiger partial charge in [-0.25, -0.2) is 4.98 Å². The van der Waals surface area contributed by atoms with Crippen LogP contribution in [-0.2, 0) is 11.3 Å². The van der Waals surface area contributed by atoms with E-state index >= 15 is 0 Å². The number of rotatable bonds is 8. The Kier molecular flexibility index (Phi) is 5.96. The fraction of sp³-hybridized carbons (Fsp3) is 0.158. The number of ether oxygens (including phenoxy) is 1. The van der Waals surface area contributed by atoms with Crippen molar-refractivity contribution in [3.8, 4) is 0 Å². The van der Waals surface area contributed by atoms with Crippen molar-refractivity contribution in [1.82, 2.24) is 4.98 Å². The molecule has 0 bridgehead atoms. The first-order valence-corrected chi connectivity index (χ1v) is 8.99. The molecule has 5 N–H and O–H groups in total. The minimum Gasteiger partial charge on any atom is -0.375 e. The highest BCUT2D eigenvalue weighted by Crippen LogP contribution is 2.24. The van der Waals surface area contributed by atoms with Crippen LogP contribution in [0.1, 0.15) is 27.7 Å². The second-order valence-electron chi connectivity index (χ2n) is 5.75. The number of aromatic nitrogens is 1. The molecular weight excluding hydrogens is 348 g/mol. The van der Waals surface area contributed by atoms with Gasteiger partial charge in [-0.2, -0.15) is 0 Å². The van der Waals surface area contributed by atoms with Gasteiger partial charge in [-0.3, -0.25) is 4.79 Å². The standard InChI is InChI=1S/C19H20N4O2S/c20-16(11-25-10-13-4-2-1-3-5-13)17-12-26-19(23-17)22-15-8-6-14(7-9-15)18(21)24/h1-9,12,16H,10-11,20H2,(H2,21,24)(H,22,23). The summed E-state index contributed by atoms with van der Waals surface area (Å²) >= 11 is 1.46. The van der Waals surface area contributed by atoms with Gasteiger partial charge in [0.1, 0.15) is 0 Å². The summed E-state index contributed by atoms with van der Waals surface area (Å²) in [5.41, 5.74) is 14.6. The van der Waals surface area contributed by atoms with E-state index in [0.29, 0.717) is 18.8 Å². The normalized spacial score (nSPS) is 11.9. The van der Waals surface area contributed by atoms with E-state index in [4.69, 9.17) is 16.2 Å². The first-order chi connectivity index (χ1) is 12.6. The summed E-state index contributed by atoms with van der Waals surface area (Å²) in [5.74, 6) is -0.449. The molecule has 0 aliphatic carbocycles. The van der Waals surface area contributed by atoms with Crippen molar-refractivity contribution >= 4 is 28.1 Å². The van der Waals surface area contributed by atoms with Crippen LogP contribution in [0, 0.1) is 0 Å². The maximum Gasteiger partial charge on any atom is 0.248 e. The van der Waals surface area contributed by atoms with Crippen LogP contribution in [0.3, 0.4) is 0 Å². The van der Waals surface area contributed by atoms with Crippen molar-refractivity contribution in [1.29, 1.82) is 0 Å². The van der Waals surface area contributed by atoms with Crippen LogP contribution in [0.15, 0.2) is 60.0 Å². The molecule has 0 aliphatic rings. The van der Waals surface area contributed by atoms with Crippen LogP contribution >= 0.6 is 11.3 Å². The molecule has 3 aromatic rings. The highest BCUT2D eigenvalue weighted by atomic mass is 32.1. The Morgan fingerprint density at radius 1 is 1.15 bits per heavy atom. The molecule has 1 atom stereocenters. The molecule has 0 saturated carbocycles. The van der Waals surface area contributed by atoms with E-state index in [2.05, 4.69) is 10.3 Å². The van der Waals surface area contributed by atoms with Gasteiger partial charge in [0.15, 0.2) is 5.13 Å². The third-order valence-electron chi connectivity index (χ3n) is 3.73.